The maximum atomic E-state index is 12.0. The summed E-state index contributed by atoms with van der Waals surface area (Å²) >= 11 is 0. The molecule has 1 amide bonds. The molecule has 0 unspecified atom stereocenters. The van der Waals surface area contributed by atoms with Gasteiger partial charge in [-0.15, -0.1) is 0 Å². The second kappa shape index (κ2) is 6.60. The highest BCUT2D eigenvalue weighted by Gasteiger charge is 2.10. The number of hydrogen-bond donors (Lipinski definition) is 2. The van der Waals surface area contributed by atoms with E-state index in [4.69, 9.17) is 9.47 Å². The van der Waals surface area contributed by atoms with Gasteiger partial charge in [0.25, 0.3) is 5.91 Å². The molecule has 6 nitrogen and oxygen atoms in total. The van der Waals surface area contributed by atoms with E-state index < -0.39 is 0 Å². The second-order valence-electron chi connectivity index (χ2n) is 4.29. The van der Waals surface area contributed by atoms with E-state index in [9.17, 15) is 9.90 Å². The summed E-state index contributed by atoms with van der Waals surface area (Å²) in [4.78, 5) is 15.8. The summed E-state index contributed by atoms with van der Waals surface area (Å²) in [5, 5.41) is 12.1. The Labute approximate surface area is 122 Å². The number of amides is 1. The van der Waals surface area contributed by atoms with E-state index in [0.717, 1.165) is 5.56 Å². The predicted molar refractivity (Wildman–Crippen MR) is 76.6 cm³/mol. The van der Waals surface area contributed by atoms with Crippen molar-refractivity contribution >= 4 is 5.91 Å². The maximum absolute atomic E-state index is 12.0. The van der Waals surface area contributed by atoms with Crippen LogP contribution in [0.2, 0.25) is 0 Å². The number of ether oxygens (including phenoxy) is 2. The van der Waals surface area contributed by atoms with Gasteiger partial charge in [-0.2, -0.15) is 0 Å². The molecule has 0 atom stereocenters. The molecule has 2 aromatic rings. The molecule has 110 valence electrons. The first kappa shape index (κ1) is 14.6. The predicted octanol–water partition coefficient (Wildman–Crippen LogP) is 1.73. The van der Waals surface area contributed by atoms with Crippen LogP contribution >= 0.6 is 0 Å². The quantitative estimate of drug-likeness (QED) is 0.876. The Kier molecular flexibility index (Phi) is 4.61. The van der Waals surface area contributed by atoms with Crippen molar-refractivity contribution in [2.24, 2.45) is 0 Å². The monoisotopic (exact) mass is 288 g/mol. The molecular formula is C15H16N2O4. The molecule has 0 bridgehead atoms. The van der Waals surface area contributed by atoms with E-state index in [1.165, 1.54) is 18.5 Å². The topological polar surface area (TPSA) is 80.7 Å². The van der Waals surface area contributed by atoms with Crippen molar-refractivity contribution in [1.29, 1.82) is 0 Å². The zero-order chi connectivity index (χ0) is 15.2. The summed E-state index contributed by atoms with van der Waals surface area (Å²) < 4.78 is 10.4. The Balaban J connectivity index is 2.10. The lowest BCUT2D eigenvalue weighted by Gasteiger charge is -2.11. The number of rotatable bonds is 5. The van der Waals surface area contributed by atoms with Gasteiger partial charge in [0.05, 0.1) is 26.0 Å². The number of nitrogens with one attached hydrogen (secondary N) is 1. The van der Waals surface area contributed by atoms with Crippen molar-refractivity contribution in [2.45, 2.75) is 6.54 Å². The summed E-state index contributed by atoms with van der Waals surface area (Å²) in [7, 11) is 3.13. The van der Waals surface area contributed by atoms with Crippen molar-refractivity contribution in [3.8, 4) is 17.2 Å². The molecule has 0 spiro atoms. The highest BCUT2D eigenvalue weighted by atomic mass is 16.5. The molecule has 0 fully saturated rings. The Hall–Kier alpha value is -2.76. The van der Waals surface area contributed by atoms with Gasteiger partial charge in [0.2, 0.25) is 0 Å². The highest BCUT2D eigenvalue weighted by molar-refractivity contribution is 5.94. The molecule has 2 N–H and O–H groups in total. The largest absolute Gasteiger partial charge is 0.506 e. The zero-order valence-electron chi connectivity index (χ0n) is 11.8. The van der Waals surface area contributed by atoms with Gasteiger partial charge in [-0.3, -0.25) is 9.78 Å². The summed E-state index contributed by atoms with van der Waals surface area (Å²) in [5.41, 5.74) is 1.08. The number of carbonyl (C=O) groups is 1. The van der Waals surface area contributed by atoms with Crippen molar-refractivity contribution in [2.75, 3.05) is 14.2 Å². The third kappa shape index (κ3) is 3.62. The number of benzene rings is 1. The number of methoxy groups -OCH3 is 2. The maximum Gasteiger partial charge on any atom is 0.253 e. The number of carbonyl (C=O) groups excluding carboxylic acids is 1. The normalized spacial score (nSPS) is 10.0. The summed E-state index contributed by atoms with van der Waals surface area (Å²) in [6, 6.07) is 6.70. The fraction of sp³-hybridized carbons (Fsp3) is 0.200. The number of nitrogens with zero attached hydrogens (tertiary/aromatic N) is 1. The summed E-state index contributed by atoms with van der Waals surface area (Å²) in [6.07, 6.45) is 2.65. The van der Waals surface area contributed by atoms with Crippen LogP contribution in [0.3, 0.4) is 0 Å². The third-order valence-electron chi connectivity index (χ3n) is 2.91. The van der Waals surface area contributed by atoms with E-state index in [-0.39, 0.29) is 23.8 Å². The molecule has 21 heavy (non-hydrogen) atoms. The molecule has 6 heteroatoms. The molecule has 0 aliphatic heterocycles. The van der Waals surface area contributed by atoms with Crippen molar-refractivity contribution in [3.05, 3.63) is 47.8 Å². The van der Waals surface area contributed by atoms with Crippen LogP contribution in [-0.2, 0) is 6.54 Å². The molecule has 2 rings (SSSR count). The van der Waals surface area contributed by atoms with Crippen molar-refractivity contribution in [3.63, 3.8) is 0 Å². The number of aromatic hydroxyl groups is 1. The first-order valence-electron chi connectivity index (χ1n) is 6.27. The minimum absolute atomic E-state index is 0.0541. The van der Waals surface area contributed by atoms with Gasteiger partial charge in [-0.25, -0.2) is 0 Å². The highest BCUT2D eigenvalue weighted by Crippen LogP contribution is 2.23. The first-order valence-corrected chi connectivity index (χ1v) is 6.27. The Bertz CT molecular complexity index is 643. The van der Waals surface area contributed by atoms with E-state index in [1.54, 1.807) is 32.4 Å². The number of hydrogen-bond acceptors (Lipinski definition) is 5. The molecule has 0 radical (unpaired) electrons. The van der Waals surface area contributed by atoms with Crippen molar-refractivity contribution < 1.29 is 19.4 Å². The zero-order valence-corrected chi connectivity index (χ0v) is 11.8. The van der Waals surface area contributed by atoms with E-state index in [2.05, 4.69) is 10.3 Å². The van der Waals surface area contributed by atoms with Gasteiger partial charge in [0.1, 0.15) is 17.2 Å². The van der Waals surface area contributed by atoms with Crippen LogP contribution in [0, 0.1) is 0 Å². The van der Waals surface area contributed by atoms with Crippen LogP contribution in [0.5, 0.6) is 17.2 Å². The van der Waals surface area contributed by atoms with Gasteiger partial charge in [-0.1, -0.05) is 0 Å². The van der Waals surface area contributed by atoms with Gasteiger partial charge in [0.15, 0.2) is 0 Å². The number of aromatic nitrogens is 1. The third-order valence-corrected chi connectivity index (χ3v) is 2.91. The van der Waals surface area contributed by atoms with Crippen molar-refractivity contribution in [1.82, 2.24) is 10.3 Å². The second-order valence-corrected chi connectivity index (χ2v) is 4.29. The molecule has 0 aliphatic carbocycles. The van der Waals surface area contributed by atoms with Crippen LogP contribution in [0.25, 0.3) is 0 Å². The molecule has 1 heterocycles. The molecule has 0 saturated heterocycles. The summed E-state index contributed by atoms with van der Waals surface area (Å²) in [5.74, 6) is 0.953. The van der Waals surface area contributed by atoms with Gasteiger partial charge in [0, 0.05) is 18.3 Å². The van der Waals surface area contributed by atoms with E-state index in [1.807, 2.05) is 0 Å². The van der Waals surface area contributed by atoms with E-state index in [0.29, 0.717) is 11.5 Å². The fourth-order valence-corrected chi connectivity index (χ4v) is 1.85. The SMILES string of the molecule is COc1ccc(OC)c(CNC(=O)c2cncc(O)c2)c1. The molecule has 1 aromatic heterocycles. The molecule has 0 aliphatic rings. The average Bonchev–Trinajstić information content (AvgIpc) is 2.52. The Morgan fingerprint density at radius 2 is 2.05 bits per heavy atom. The molecular weight excluding hydrogens is 272 g/mol. The number of pyridine rings is 1. The standard InChI is InChI=1S/C15H16N2O4/c1-20-13-3-4-14(21-2)10(6-13)8-17-15(19)11-5-12(18)9-16-7-11/h3-7,9,18H,8H2,1-2H3,(H,17,19). The minimum Gasteiger partial charge on any atom is -0.506 e. The Morgan fingerprint density at radius 3 is 2.71 bits per heavy atom. The van der Waals surface area contributed by atoms with Crippen LogP contribution in [0.1, 0.15) is 15.9 Å². The van der Waals surface area contributed by atoms with Gasteiger partial charge < -0.3 is 19.9 Å². The average molecular weight is 288 g/mol. The lowest BCUT2D eigenvalue weighted by Crippen LogP contribution is -2.23. The van der Waals surface area contributed by atoms with Crippen LogP contribution in [0.15, 0.2) is 36.7 Å². The molecule has 0 saturated carbocycles. The first-order chi connectivity index (χ1) is 10.1. The Morgan fingerprint density at radius 1 is 1.24 bits per heavy atom. The smallest absolute Gasteiger partial charge is 0.253 e. The van der Waals surface area contributed by atoms with Gasteiger partial charge in [-0.05, 0) is 24.3 Å². The summed E-state index contributed by atoms with van der Waals surface area (Å²) in [6.45, 7) is 0.273. The lowest BCUT2D eigenvalue weighted by molar-refractivity contribution is 0.0950. The van der Waals surface area contributed by atoms with Crippen LogP contribution in [0.4, 0.5) is 0 Å². The van der Waals surface area contributed by atoms with Gasteiger partial charge >= 0.3 is 0 Å². The van der Waals surface area contributed by atoms with Crippen LogP contribution < -0.4 is 14.8 Å². The minimum atomic E-state index is -0.330. The fourth-order valence-electron chi connectivity index (χ4n) is 1.85. The molecule has 1 aromatic carbocycles. The van der Waals surface area contributed by atoms with E-state index >= 15 is 0 Å². The lowest BCUT2D eigenvalue weighted by atomic mass is 10.1. The van der Waals surface area contributed by atoms with Crippen LogP contribution in [-0.4, -0.2) is 30.2 Å².